The molecule has 0 unspecified atom stereocenters. The SMILES string of the molecule is COC(=O)C(C)(C)C(=O)NCc1cccc(F)c1. The molecular weight excluding hydrogens is 237 g/mol. The largest absolute Gasteiger partial charge is 0.468 e. The van der Waals surface area contributed by atoms with Gasteiger partial charge in [-0.1, -0.05) is 12.1 Å². The minimum atomic E-state index is -1.26. The Morgan fingerprint density at radius 2 is 2.06 bits per heavy atom. The van der Waals surface area contributed by atoms with Gasteiger partial charge in [0.15, 0.2) is 0 Å². The van der Waals surface area contributed by atoms with Crippen LogP contribution in [0.25, 0.3) is 0 Å². The van der Waals surface area contributed by atoms with Crippen LogP contribution in [0, 0.1) is 11.2 Å². The van der Waals surface area contributed by atoms with Crippen LogP contribution in [0.15, 0.2) is 24.3 Å². The summed E-state index contributed by atoms with van der Waals surface area (Å²) in [6.07, 6.45) is 0. The van der Waals surface area contributed by atoms with E-state index in [0.717, 1.165) is 0 Å². The summed E-state index contributed by atoms with van der Waals surface area (Å²) in [4.78, 5) is 23.2. The number of carbonyl (C=O) groups is 2. The van der Waals surface area contributed by atoms with Gasteiger partial charge in [0.2, 0.25) is 5.91 Å². The van der Waals surface area contributed by atoms with Gasteiger partial charge in [0, 0.05) is 6.54 Å². The van der Waals surface area contributed by atoms with E-state index in [1.807, 2.05) is 0 Å². The van der Waals surface area contributed by atoms with Crippen LogP contribution in [0.3, 0.4) is 0 Å². The highest BCUT2D eigenvalue weighted by Crippen LogP contribution is 2.17. The number of methoxy groups -OCH3 is 1. The van der Waals surface area contributed by atoms with Crippen molar-refractivity contribution in [2.24, 2.45) is 5.41 Å². The van der Waals surface area contributed by atoms with Crippen molar-refractivity contribution in [1.82, 2.24) is 5.32 Å². The number of hydrogen-bond donors (Lipinski definition) is 1. The van der Waals surface area contributed by atoms with Crippen LogP contribution in [-0.2, 0) is 20.9 Å². The maximum Gasteiger partial charge on any atom is 0.320 e. The number of rotatable bonds is 4. The van der Waals surface area contributed by atoms with Crippen molar-refractivity contribution in [3.8, 4) is 0 Å². The van der Waals surface area contributed by atoms with Crippen molar-refractivity contribution in [1.29, 1.82) is 0 Å². The van der Waals surface area contributed by atoms with Gasteiger partial charge in [0.1, 0.15) is 11.2 Å². The molecule has 0 spiro atoms. The smallest absolute Gasteiger partial charge is 0.320 e. The Balaban J connectivity index is 2.64. The van der Waals surface area contributed by atoms with Crippen molar-refractivity contribution in [2.75, 3.05) is 7.11 Å². The van der Waals surface area contributed by atoms with Gasteiger partial charge in [0.05, 0.1) is 7.11 Å². The molecule has 0 saturated carbocycles. The molecule has 18 heavy (non-hydrogen) atoms. The van der Waals surface area contributed by atoms with Crippen molar-refractivity contribution < 1.29 is 18.7 Å². The van der Waals surface area contributed by atoms with Gasteiger partial charge in [0.25, 0.3) is 0 Å². The second-order valence-electron chi connectivity index (χ2n) is 4.43. The molecule has 0 radical (unpaired) electrons. The van der Waals surface area contributed by atoms with Crippen LogP contribution in [0.4, 0.5) is 4.39 Å². The molecule has 1 rings (SSSR count). The summed E-state index contributed by atoms with van der Waals surface area (Å²) in [5.74, 6) is -1.44. The predicted octanol–water partition coefficient (Wildman–Crippen LogP) is 1.64. The highest BCUT2D eigenvalue weighted by atomic mass is 19.1. The zero-order chi connectivity index (χ0) is 13.8. The lowest BCUT2D eigenvalue weighted by atomic mass is 9.92. The molecule has 1 N–H and O–H groups in total. The number of ether oxygens (including phenoxy) is 1. The van der Waals surface area contributed by atoms with Crippen molar-refractivity contribution in [3.05, 3.63) is 35.6 Å². The average Bonchev–Trinajstić information content (AvgIpc) is 2.34. The van der Waals surface area contributed by atoms with Gasteiger partial charge >= 0.3 is 5.97 Å². The van der Waals surface area contributed by atoms with E-state index in [4.69, 9.17) is 0 Å². The first-order valence-electron chi connectivity index (χ1n) is 5.49. The van der Waals surface area contributed by atoms with Crippen LogP contribution in [0.2, 0.25) is 0 Å². The van der Waals surface area contributed by atoms with E-state index in [1.54, 1.807) is 12.1 Å². The van der Waals surface area contributed by atoms with E-state index in [-0.39, 0.29) is 12.4 Å². The second-order valence-corrected chi connectivity index (χ2v) is 4.43. The van der Waals surface area contributed by atoms with E-state index < -0.39 is 17.3 Å². The Morgan fingerprint density at radius 3 is 2.61 bits per heavy atom. The zero-order valence-electron chi connectivity index (χ0n) is 10.6. The minimum Gasteiger partial charge on any atom is -0.468 e. The quantitative estimate of drug-likeness (QED) is 0.655. The van der Waals surface area contributed by atoms with Crippen molar-refractivity contribution in [3.63, 3.8) is 0 Å². The van der Waals surface area contributed by atoms with Crippen molar-refractivity contribution in [2.45, 2.75) is 20.4 Å². The lowest BCUT2D eigenvalue weighted by molar-refractivity contribution is -0.156. The van der Waals surface area contributed by atoms with E-state index >= 15 is 0 Å². The predicted molar refractivity (Wildman–Crippen MR) is 64.0 cm³/mol. The molecule has 0 fully saturated rings. The standard InChI is InChI=1S/C13H16FNO3/c1-13(2,12(17)18-3)11(16)15-8-9-5-4-6-10(14)7-9/h4-7H,8H2,1-3H3,(H,15,16). The molecule has 0 aromatic heterocycles. The Kier molecular flexibility index (Phi) is 4.42. The highest BCUT2D eigenvalue weighted by molar-refractivity contribution is 6.01. The molecular formula is C13H16FNO3. The maximum atomic E-state index is 12.9. The molecule has 1 aromatic rings. The van der Waals surface area contributed by atoms with Crippen LogP contribution < -0.4 is 5.32 Å². The minimum absolute atomic E-state index is 0.164. The zero-order valence-corrected chi connectivity index (χ0v) is 10.6. The Morgan fingerprint density at radius 1 is 1.39 bits per heavy atom. The summed E-state index contributed by atoms with van der Waals surface area (Å²) >= 11 is 0. The van der Waals surface area contributed by atoms with Gasteiger partial charge in [-0.15, -0.1) is 0 Å². The van der Waals surface area contributed by atoms with Gasteiger partial charge < -0.3 is 10.1 Å². The Labute approximate surface area is 105 Å². The summed E-state index contributed by atoms with van der Waals surface area (Å²) in [5, 5.41) is 2.58. The molecule has 0 heterocycles. The molecule has 98 valence electrons. The molecule has 0 saturated heterocycles. The first-order valence-corrected chi connectivity index (χ1v) is 5.49. The normalized spacial score (nSPS) is 10.9. The number of halogens is 1. The third-order valence-electron chi connectivity index (χ3n) is 2.61. The van der Waals surface area contributed by atoms with E-state index in [2.05, 4.69) is 10.1 Å². The second kappa shape index (κ2) is 5.62. The van der Waals surface area contributed by atoms with Crippen LogP contribution in [0.5, 0.6) is 0 Å². The highest BCUT2D eigenvalue weighted by Gasteiger charge is 2.36. The number of benzene rings is 1. The summed E-state index contributed by atoms with van der Waals surface area (Å²) in [6.45, 7) is 3.11. The first-order chi connectivity index (χ1) is 8.37. The van der Waals surface area contributed by atoms with Crippen LogP contribution in [-0.4, -0.2) is 19.0 Å². The molecule has 0 atom stereocenters. The summed E-state index contributed by atoms with van der Waals surface area (Å²) in [5.41, 5.74) is -0.633. The molecule has 0 bridgehead atoms. The molecule has 1 amide bonds. The Bertz CT molecular complexity index is 457. The van der Waals surface area contributed by atoms with Gasteiger partial charge in [-0.05, 0) is 31.5 Å². The third kappa shape index (κ3) is 3.29. The Hall–Kier alpha value is -1.91. The molecule has 4 nitrogen and oxygen atoms in total. The fourth-order valence-corrected chi connectivity index (χ4v) is 1.40. The molecule has 1 aromatic carbocycles. The number of esters is 1. The summed E-state index contributed by atoms with van der Waals surface area (Å²) < 4.78 is 17.5. The van der Waals surface area contributed by atoms with Crippen molar-refractivity contribution >= 4 is 11.9 Å². The average molecular weight is 253 g/mol. The molecule has 0 aliphatic carbocycles. The van der Waals surface area contributed by atoms with Crippen LogP contribution in [0.1, 0.15) is 19.4 Å². The lowest BCUT2D eigenvalue weighted by Gasteiger charge is -2.20. The lowest BCUT2D eigenvalue weighted by Crippen LogP contribution is -2.42. The monoisotopic (exact) mass is 253 g/mol. The maximum absolute atomic E-state index is 12.9. The van der Waals surface area contributed by atoms with E-state index in [0.29, 0.717) is 5.56 Å². The molecule has 5 heteroatoms. The van der Waals surface area contributed by atoms with E-state index in [1.165, 1.54) is 33.1 Å². The van der Waals surface area contributed by atoms with E-state index in [9.17, 15) is 14.0 Å². The van der Waals surface area contributed by atoms with Gasteiger partial charge in [-0.2, -0.15) is 0 Å². The van der Waals surface area contributed by atoms with Gasteiger partial charge in [-0.25, -0.2) is 4.39 Å². The molecule has 0 aliphatic heterocycles. The topological polar surface area (TPSA) is 55.4 Å². The van der Waals surface area contributed by atoms with Gasteiger partial charge in [-0.3, -0.25) is 9.59 Å². The summed E-state index contributed by atoms with van der Waals surface area (Å²) in [7, 11) is 1.23. The number of carbonyl (C=O) groups excluding carboxylic acids is 2. The third-order valence-corrected chi connectivity index (χ3v) is 2.61. The van der Waals surface area contributed by atoms with Crippen LogP contribution >= 0.6 is 0 Å². The number of hydrogen-bond acceptors (Lipinski definition) is 3. The number of nitrogens with one attached hydrogen (secondary N) is 1. The summed E-state index contributed by atoms with van der Waals surface area (Å²) in [6, 6.07) is 5.89. The number of amides is 1. The first kappa shape index (κ1) is 14.2. The molecule has 0 aliphatic rings. The fraction of sp³-hybridized carbons (Fsp3) is 0.385. The fourth-order valence-electron chi connectivity index (χ4n) is 1.40.